The quantitative estimate of drug-likeness (QED) is 0.936. The van der Waals surface area contributed by atoms with Gasteiger partial charge in [-0.1, -0.05) is 18.2 Å². The molecule has 0 amide bonds. The van der Waals surface area contributed by atoms with Gasteiger partial charge < -0.3 is 10.5 Å². The van der Waals surface area contributed by atoms with E-state index in [4.69, 9.17) is 10.5 Å². The Labute approximate surface area is 114 Å². The fourth-order valence-corrected chi connectivity index (χ4v) is 2.12. The minimum Gasteiger partial charge on any atom is -0.488 e. The molecule has 0 bridgehead atoms. The Kier molecular flexibility index (Phi) is 4.33. The van der Waals surface area contributed by atoms with E-state index >= 15 is 0 Å². The molecule has 0 saturated carbocycles. The van der Waals surface area contributed by atoms with E-state index in [1.54, 1.807) is 6.07 Å². The van der Waals surface area contributed by atoms with Gasteiger partial charge >= 0.3 is 0 Å². The van der Waals surface area contributed by atoms with Crippen molar-refractivity contribution in [2.75, 3.05) is 0 Å². The van der Waals surface area contributed by atoms with Crippen molar-refractivity contribution in [1.29, 1.82) is 0 Å². The van der Waals surface area contributed by atoms with Gasteiger partial charge in [-0.05, 0) is 51.3 Å². The van der Waals surface area contributed by atoms with Gasteiger partial charge in [0.2, 0.25) is 0 Å². The first kappa shape index (κ1) is 13.1. The van der Waals surface area contributed by atoms with Crippen molar-refractivity contribution < 1.29 is 9.13 Å². The molecule has 0 heterocycles. The summed E-state index contributed by atoms with van der Waals surface area (Å²) in [5.41, 5.74) is 7.37. The number of nitrogens with two attached hydrogens (primary N) is 1. The van der Waals surface area contributed by atoms with E-state index in [-0.39, 0.29) is 5.82 Å². The maximum absolute atomic E-state index is 13.0. The predicted molar refractivity (Wildman–Crippen MR) is 72.8 cm³/mol. The first-order chi connectivity index (χ1) is 8.69. The second-order valence-corrected chi connectivity index (χ2v) is 4.74. The number of halogens is 2. The molecule has 2 nitrogen and oxygen atoms in total. The Morgan fingerprint density at radius 3 is 2.61 bits per heavy atom. The van der Waals surface area contributed by atoms with Gasteiger partial charge in [0.1, 0.15) is 18.2 Å². The highest BCUT2D eigenvalue weighted by Gasteiger charge is 2.03. The van der Waals surface area contributed by atoms with Crippen molar-refractivity contribution in [3.05, 3.63) is 63.9 Å². The van der Waals surface area contributed by atoms with Crippen LogP contribution in [0.4, 0.5) is 4.39 Å². The van der Waals surface area contributed by atoms with E-state index in [1.165, 1.54) is 12.1 Å². The molecule has 0 aromatic heterocycles. The molecule has 0 aliphatic rings. The van der Waals surface area contributed by atoms with Crippen molar-refractivity contribution in [3.63, 3.8) is 0 Å². The summed E-state index contributed by atoms with van der Waals surface area (Å²) in [6.07, 6.45) is 0. The largest absolute Gasteiger partial charge is 0.488 e. The summed E-state index contributed by atoms with van der Waals surface area (Å²) in [5, 5.41) is 0. The molecule has 0 unspecified atom stereocenters. The van der Waals surface area contributed by atoms with Crippen LogP contribution >= 0.6 is 15.9 Å². The molecule has 18 heavy (non-hydrogen) atoms. The molecule has 0 aliphatic carbocycles. The van der Waals surface area contributed by atoms with E-state index in [9.17, 15) is 4.39 Å². The van der Waals surface area contributed by atoms with Crippen LogP contribution in [0.2, 0.25) is 0 Å². The lowest BCUT2D eigenvalue weighted by atomic mass is 10.2. The Balaban J connectivity index is 2.06. The molecule has 2 N–H and O–H groups in total. The van der Waals surface area contributed by atoms with Gasteiger partial charge in [0.25, 0.3) is 0 Å². The Morgan fingerprint density at radius 1 is 1.11 bits per heavy atom. The molecule has 0 atom stereocenters. The third kappa shape index (κ3) is 3.31. The number of rotatable bonds is 4. The second kappa shape index (κ2) is 5.98. The molecule has 0 radical (unpaired) electrons. The molecule has 2 aromatic rings. The van der Waals surface area contributed by atoms with E-state index in [2.05, 4.69) is 15.9 Å². The molecule has 0 saturated heterocycles. The van der Waals surface area contributed by atoms with Crippen LogP contribution in [0.5, 0.6) is 5.75 Å². The average molecular weight is 310 g/mol. The number of ether oxygens (including phenoxy) is 1. The zero-order valence-electron chi connectivity index (χ0n) is 9.70. The van der Waals surface area contributed by atoms with Crippen LogP contribution in [0.15, 0.2) is 46.9 Å². The number of hydrogen-bond acceptors (Lipinski definition) is 2. The van der Waals surface area contributed by atoms with Crippen LogP contribution in [0.25, 0.3) is 0 Å². The molecular formula is C14H13BrFNO. The highest BCUT2D eigenvalue weighted by Crippen LogP contribution is 2.26. The van der Waals surface area contributed by atoms with Crippen molar-refractivity contribution in [2.45, 2.75) is 13.2 Å². The molecular weight excluding hydrogens is 297 g/mol. The monoisotopic (exact) mass is 309 g/mol. The normalized spacial score (nSPS) is 10.4. The van der Waals surface area contributed by atoms with Crippen LogP contribution in [0.3, 0.4) is 0 Å². The van der Waals surface area contributed by atoms with Gasteiger partial charge in [0, 0.05) is 6.54 Å². The SMILES string of the molecule is NCc1ccc(OCc2cccc(F)c2)c(Br)c1. The molecule has 0 spiro atoms. The lowest BCUT2D eigenvalue weighted by Gasteiger charge is -2.09. The summed E-state index contributed by atoms with van der Waals surface area (Å²) in [4.78, 5) is 0. The minimum absolute atomic E-state index is 0.256. The van der Waals surface area contributed by atoms with Crippen molar-refractivity contribution >= 4 is 15.9 Å². The topological polar surface area (TPSA) is 35.2 Å². The standard InChI is InChI=1S/C14H13BrFNO/c15-13-7-10(8-17)4-5-14(13)18-9-11-2-1-3-12(16)6-11/h1-7H,8-9,17H2. The van der Waals surface area contributed by atoms with Crippen LogP contribution in [0, 0.1) is 5.82 Å². The number of benzene rings is 2. The zero-order valence-corrected chi connectivity index (χ0v) is 11.3. The summed E-state index contributed by atoms with van der Waals surface area (Å²) in [5.74, 6) is 0.463. The van der Waals surface area contributed by atoms with E-state index in [1.807, 2.05) is 24.3 Å². The van der Waals surface area contributed by atoms with Crippen LogP contribution < -0.4 is 10.5 Å². The second-order valence-electron chi connectivity index (χ2n) is 3.89. The first-order valence-corrected chi connectivity index (χ1v) is 6.34. The Hall–Kier alpha value is -1.39. The Bertz CT molecular complexity index is 545. The van der Waals surface area contributed by atoms with Crippen LogP contribution in [0.1, 0.15) is 11.1 Å². The van der Waals surface area contributed by atoms with Gasteiger partial charge in [0.15, 0.2) is 0 Å². The molecule has 0 fully saturated rings. The molecule has 0 aliphatic heterocycles. The lowest BCUT2D eigenvalue weighted by molar-refractivity contribution is 0.303. The van der Waals surface area contributed by atoms with Gasteiger partial charge in [-0.3, -0.25) is 0 Å². The molecule has 94 valence electrons. The highest BCUT2D eigenvalue weighted by molar-refractivity contribution is 9.10. The zero-order chi connectivity index (χ0) is 13.0. The maximum atomic E-state index is 13.0. The predicted octanol–water partition coefficient (Wildman–Crippen LogP) is 3.63. The fourth-order valence-electron chi connectivity index (χ4n) is 1.58. The third-order valence-electron chi connectivity index (χ3n) is 2.52. The maximum Gasteiger partial charge on any atom is 0.134 e. The average Bonchev–Trinajstić information content (AvgIpc) is 2.37. The van der Waals surface area contributed by atoms with Crippen LogP contribution in [-0.4, -0.2) is 0 Å². The van der Waals surface area contributed by atoms with Gasteiger partial charge in [-0.15, -0.1) is 0 Å². The fraction of sp³-hybridized carbons (Fsp3) is 0.143. The highest BCUT2D eigenvalue weighted by atomic mass is 79.9. The molecule has 4 heteroatoms. The van der Waals surface area contributed by atoms with E-state index in [0.717, 1.165) is 21.3 Å². The van der Waals surface area contributed by atoms with Crippen molar-refractivity contribution in [2.24, 2.45) is 5.73 Å². The smallest absolute Gasteiger partial charge is 0.134 e. The summed E-state index contributed by atoms with van der Waals surface area (Å²) in [6.45, 7) is 0.821. The number of hydrogen-bond donors (Lipinski definition) is 1. The minimum atomic E-state index is -0.256. The summed E-state index contributed by atoms with van der Waals surface area (Å²) < 4.78 is 19.5. The summed E-state index contributed by atoms with van der Waals surface area (Å²) in [6, 6.07) is 12.0. The molecule has 2 rings (SSSR count). The van der Waals surface area contributed by atoms with E-state index in [0.29, 0.717) is 13.2 Å². The van der Waals surface area contributed by atoms with Gasteiger partial charge in [-0.2, -0.15) is 0 Å². The van der Waals surface area contributed by atoms with Gasteiger partial charge in [-0.25, -0.2) is 4.39 Å². The molecule has 2 aromatic carbocycles. The van der Waals surface area contributed by atoms with Crippen molar-refractivity contribution in [3.8, 4) is 5.75 Å². The summed E-state index contributed by atoms with van der Waals surface area (Å²) >= 11 is 3.42. The lowest BCUT2D eigenvalue weighted by Crippen LogP contribution is -1.99. The Morgan fingerprint density at radius 2 is 1.94 bits per heavy atom. The third-order valence-corrected chi connectivity index (χ3v) is 3.14. The summed E-state index contributed by atoms with van der Waals surface area (Å²) in [7, 11) is 0. The van der Waals surface area contributed by atoms with Gasteiger partial charge in [0.05, 0.1) is 4.47 Å². The van der Waals surface area contributed by atoms with E-state index < -0.39 is 0 Å². The first-order valence-electron chi connectivity index (χ1n) is 5.55. The van der Waals surface area contributed by atoms with Crippen molar-refractivity contribution in [1.82, 2.24) is 0 Å². The van der Waals surface area contributed by atoms with Crippen LogP contribution in [-0.2, 0) is 13.2 Å².